The molecule has 18 heavy (non-hydrogen) atoms. The number of hydrogen-bond donors (Lipinski definition) is 0. The molecule has 0 amide bonds. The number of hydrogen-bond acceptors (Lipinski definition) is 4. The largest absolute Gasteiger partial charge is 0.439 e. The van der Waals surface area contributed by atoms with Gasteiger partial charge in [-0.15, -0.1) is 0 Å². The summed E-state index contributed by atoms with van der Waals surface area (Å²) in [5.74, 6) is -0.0797. The van der Waals surface area contributed by atoms with E-state index in [9.17, 15) is 4.39 Å². The molecule has 1 aromatic carbocycles. The number of benzene rings is 1. The minimum absolute atomic E-state index is 0.191. The zero-order valence-corrected chi connectivity index (χ0v) is 10.1. The number of aryl methyl sites for hydroxylation is 1. The lowest BCUT2D eigenvalue weighted by Crippen LogP contribution is -1.91. The third-order valence-electron chi connectivity index (χ3n) is 2.50. The van der Waals surface area contributed by atoms with Crippen LogP contribution in [0.4, 0.5) is 4.39 Å². The highest BCUT2D eigenvalue weighted by molar-refractivity contribution is 6.35. The van der Waals surface area contributed by atoms with Crippen molar-refractivity contribution < 1.29 is 8.81 Å². The van der Waals surface area contributed by atoms with Gasteiger partial charge < -0.3 is 4.42 Å². The molecule has 0 bridgehead atoms. The maximum absolute atomic E-state index is 14.0. The van der Waals surface area contributed by atoms with Crippen LogP contribution in [0.1, 0.15) is 5.89 Å². The van der Waals surface area contributed by atoms with Crippen molar-refractivity contribution in [1.29, 1.82) is 0 Å². The molecule has 0 N–H and O–H groups in total. The molecule has 0 aliphatic rings. The smallest absolute Gasteiger partial charge is 0.192 e. The van der Waals surface area contributed by atoms with Crippen molar-refractivity contribution >= 4 is 22.7 Å². The maximum Gasteiger partial charge on any atom is 0.192 e. The average Bonchev–Trinajstić information content (AvgIpc) is 2.72. The van der Waals surface area contributed by atoms with Gasteiger partial charge in [0.05, 0.1) is 22.5 Å². The van der Waals surface area contributed by atoms with Crippen LogP contribution in [-0.4, -0.2) is 15.0 Å². The van der Waals surface area contributed by atoms with Crippen LogP contribution in [0.2, 0.25) is 5.02 Å². The number of oxazole rings is 1. The molecule has 6 heteroatoms. The molecule has 0 aliphatic carbocycles. The standard InChI is InChI=1S/C12H7ClFN3O/c1-6-17-11-10(9-5-15-2-3-16-9)8(14)4-7(13)12(11)18-6/h2-5H,1H3. The van der Waals surface area contributed by atoms with Gasteiger partial charge in [-0.25, -0.2) is 9.37 Å². The summed E-state index contributed by atoms with van der Waals surface area (Å²) in [6.07, 6.45) is 4.47. The first-order valence-corrected chi connectivity index (χ1v) is 5.56. The third-order valence-corrected chi connectivity index (χ3v) is 2.78. The summed E-state index contributed by atoms with van der Waals surface area (Å²) >= 11 is 5.93. The molecule has 2 aromatic heterocycles. The van der Waals surface area contributed by atoms with Crippen LogP contribution < -0.4 is 0 Å². The zero-order valence-electron chi connectivity index (χ0n) is 9.32. The first-order chi connectivity index (χ1) is 8.66. The fourth-order valence-electron chi connectivity index (χ4n) is 1.79. The Kier molecular flexibility index (Phi) is 2.48. The summed E-state index contributed by atoms with van der Waals surface area (Å²) in [5.41, 5.74) is 1.36. The molecule has 0 unspecified atom stereocenters. The Labute approximate surface area is 106 Å². The monoisotopic (exact) mass is 263 g/mol. The van der Waals surface area contributed by atoms with Gasteiger partial charge in [0.15, 0.2) is 11.5 Å². The van der Waals surface area contributed by atoms with Gasteiger partial charge in [-0.2, -0.15) is 0 Å². The summed E-state index contributed by atoms with van der Waals surface area (Å²) in [6.45, 7) is 1.68. The fourth-order valence-corrected chi connectivity index (χ4v) is 2.02. The van der Waals surface area contributed by atoms with Crippen molar-refractivity contribution in [3.63, 3.8) is 0 Å². The van der Waals surface area contributed by atoms with Gasteiger partial charge in [-0.05, 0) is 6.07 Å². The Balaban J connectivity index is 2.42. The maximum atomic E-state index is 14.0. The second-order valence-electron chi connectivity index (χ2n) is 3.72. The predicted molar refractivity (Wildman–Crippen MR) is 64.7 cm³/mol. The Morgan fingerprint density at radius 3 is 2.89 bits per heavy atom. The SMILES string of the molecule is Cc1nc2c(-c3cnccn3)c(F)cc(Cl)c2o1. The van der Waals surface area contributed by atoms with E-state index in [2.05, 4.69) is 15.0 Å². The molecule has 0 saturated heterocycles. The predicted octanol–water partition coefficient (Wildman–Crippen LogP) is 3.39. The second-order valence-corrected chi connectivity index (χ2v) is 4.12. The molecule has 0 fully saturated rings. The minimum Gasteiger partial charge on any atom is -0.439 e. The molecule has 0 aliphatic heterocycles. The lowest BCUT2D eigenvalue weighted by molar-refractivity contribution is 0.560. The molecule has 3 aromatic rings. The van der Waals surface area contributed by atoms with Crippen molar-refractivity contribution in [2.45, 2.75) is 6.92 Å². The van der Waals surface area contributed by atoms with E-state index in [1.54, 1.807) is 6.92 Å². The van der Waals surface area contributed by atoms with Crippen LogP contribution in [0.25, 0.3) is 22.4 Å². The van der Waals surface area contributed by atoms with Crippen LogP contribution >= 0.6 is 11.6 Å². The number of aromatic nitrogens is 3. The number of halogens is 2. The van der Waals surface area contributed by atoms with E-state index in [1.165, 1.54) is 24.7 Å². The number of rotatable bonds is 1. The first-order valence-electron chi connectivity index (χ1n) is 5.18. The molecule has 0 atom stereocenters. The minimum atomic E-state index is -0.499. The number of nitrogens with zero attached hydrogens (tertiary/aromatic N) is 3. The van der Waals surface area contributed by atoms with Crippen LogP contribution in [0.15, 0.2) is 29.1 Å². The zero-order chi connectivity index (χ0) is 12.7. The second kappa shape index (κ2) is 4.03. The van der Waals surface area contributed by atoms with Crippen molar-refractivity contribution in [3.8, 4) is 11.3 Å². The van der Waals surface area contributed by atoms with Gasteiger partial charge in [-0.1, -0.05) is 11.6 Å². The highest BCUT2D eigenvalue weighted by atomic mass is 35.5. The number of fused-ring (bicyclic) bond motifs is 1. The molecule has 0 radical (unpaired) electrons. The molecule has 4 nitrogen and oxygen atoms in total. The van der Waals surface area contributed by atoms with E-state index in [0.29, 0.717) is 22.7 Å². The Hall–Kier alpha value is -2.01. The first kappa shape index (κ1) is 11.1. The summed E-state index contributed by atoms with van der Waals surface area (Å²) in [4.78, 5) is 12.1. The van der Waals surface area contributed by atoms with Crippen molar-refractivity contribution in [2.24, 2.45) is 0 Å². The van der Waals surface area contributed by atoms with E-state index in [0.717, 1.165) is 0 Å². The lowest BCUT2D eigenvalue weighted by atomic mass is 10.1. The summed E-state index contributed by atoms with van der Waals surface area (Å²) in [6, 6.07) is 1.19. The van der Waals surface area contributed by atoms with Crippen molar-refractivity contribution in [1.82, 2.24) is 15.0 Å². The third kappa shape index (κ3) is 1.64. The highest BCUT2D eigenvalue weighted by Gasteiger charge is 2.18. The Bertz CT molecular complexity index is 727. The summed E-state index contributed by atoms with van der Waals surface area (Å²) in [5, 5.41) is 0.191. The van der Waals surface area contributed by atoms with E-state index in [4.69, 9.17) is 16.0 Å². The summed E-state index contributed by atoms with van der Waals surface area (Å²) < 4.78 is 19.4. The van der Waals surface area contributed by atoms with E-state index in [1.807, 2.05) is 0 Å². The average molecular weight is 264 g/mol. The molecular formula is C12H7ClFN3O. The van der Waals surface area contributed by atoms with Gasteiger partial charge in [-0.3, -0.25) is 9.97 Å². The van der Waals surface area contributed by atoms with Crippen molar-refractivity contribution in [3.05, 3.63) is 41.4 Å². The molecule has 90 valence electrons. The van der Waals surface area contributed by atoms with E-state index >= 15 is 0 Å². The Morgan fingerprint density at radius 1 is 1.33 bits per heavy atom. The molecule has 2 heterocycles. The molecule has 0 saturated carbocycles. The van der Waals surface area contributed by atoms with Crippen LogP contribution in [0.3, 0.4) is 0 Å². The van der Waals surface area contributed by atoms with Crippen LogP contribution in [0, 0.1) is 12.7 Å². The molecule has 0 spiro atoms. The van der Waals surface area contributed by atoms with E-state index in [-0.39, 0.29) is 10.6 Å². The normalized spacial score (nSPS) is 11.1. The van der Waals surface area contributed by atoms with E-state index < -0.39 is 5.82 Å². The Morgan fingerprint density at radius 2 is 2.17 bits per heavy atom. The van der Waals surface area contributed by atoms with Gasteiger partial charge >= 0.3 is 0 Å². The summed E-state index contributed by atoms with van der Waals surface area (Å²) in [7, 11) is 0. The highest BCUT2D eigenvalue weighted by Crippen LogP contribution is 2.34. The van der Waals surface area contributed by atoms with Crippen molar-refractivity contribution in [2.75, 3.05) is 0 Å². The van der Waals surface area contributed by atoms with Gasteiger partial charge in [0, 0.05) is 19.3 Å². The molecule has 3 rings (SSSR count). The topological polar surface area (TPSA) is 51.8 Å². The van der Waals surface area contributed by atoms with Crippen LogP contribution in [0.5, 0.6) is 0 Å². The lowest BCUT2D eigenvalue weighted by Gasteiger charge is -2.03. The molecular weight excluding hydrogens is 257 g/mol. The van der Waals surface area contributed by atoms with Gasteiger partial charge in [0.2, 0.25) is 0 Å². The quantitative estimate of drug-likeness (QED) is 0.675. The van der Waals surface area contributed by atoms with Gasteiger partial charge in [0.25, 0.3) is 0 Å². The van der Waals surface area contributed by atoms with Gasteiger partial charge in [0.1, 0.15) is 11.3 Å². The fraction of sp³-hybridized carbons (Fsp3) is 0.0833. The van der Waals surface area contributed by atoms with Crippen LogP contribution in [-0.2, 0) is 0 Å².